The zero-order valence-electron chi connectivity index (χ0n) is 14.8. The number of rotatable bonds is 3. The minimum Gasteiger partial charge on any atom is -0.295 e. The van der Waals surface area contributed by atoms with E-state index in [9.17, 15) is 4.79 Å². The molecule has 2 heteroatoms. The van der Waals surface area contributed by atoms with Crippen molar-refractivity contribution < 1.29 is 4.79 Å². The first-order valence-electron chi connectivity index (χ1n) is 9.35. The fourth-order valence-corrected chi connectivity index (χ4v) is 6.58. The lowest BCUT2D eigenvalue weighted by Gasteiger charge is -2.31. The Balaban J connectivity index is 1.84. The molecule has 1 nitrogen and oxygen atoms in total. The molecular weight excluding hydrogens is 335 g/mol. The molecule has 0 aliphatic heterocycles. The van der Waals surface area contributed by atoms with E-state index in [-0.39, 0.29) is 5.66 Å². The first kappa shape index (κ1) is 17.2. The SMILES string of the molecule is O=C1CCCCC1=C1C=CC=CC1P(c1ccccc1)c1ccccc1. The summed E-state index contributed by atoms with van der Waals surface area (Å²) in [5, 5.41) is 2.72. The molecule has 1 saturated carbocycles. The Kier molecular flexibility index (Phi) is 5.27. The molecule has 0 bridgehead atoms. The molecule has 26 heavy (non-hydrogen) atoms. The third kappa shape index (κ3) is 3.50. The monoisotopic (exact) mass is 358 g/mol. The van der Waals surface area contributed by atoms with E-state index in [1.807, 2.05) is 0 Å². The summed E-state index contributed by atoms with van der Waals surface area (Å²) in [6.45, 7) is 0. The minimum atomic E-state index is -0.600. The summed E-state index contributed by atoms with van der Waals surface area (Å²) in [5.74, 6) is 0.354. The van der Waals surface area contributed by atoms with Crippen LogP contribution in [0.15, 0.2) is 96.1 Å². The Morgan fingerprint density at radius 3 is 2.00 bits per heavy atom. The highest BCUT2D eigenvalue weighted by Crippen LogP contribution is 2.46. The third-order valence-corrected chi connectivity index (χ3v) is 7.83. The molecule has 0 N–H and O–H groups in total. The molecule has 1 atom stereocenters. The summed E-state index contributed by atoms with van der Waals surface area (Å²) in [6.07, 6.45) is 12.5. The molecule has 130 valence electrons. The van der Waals surface area contributed by atoms with Gasteiger partial charge < -0.3 is 0 Å². The fraction of sp³-hybridized carbons (Fsp3) is 0.208. The maximum atomic E-state index is 12.6. The van der Waals surface area contributed by atoms with E-state index in [1.165, 1.54) is 16.2 Å². The molecular formula is C24H23OP. The summed E-state index contributed by atoms with van der Waals surface area (Å²) in [5.41, 5.74) is 2.58. The lowest BCUT2D eigenvalue weighted by Crippen LogP contribution is -2.25. The van der Waals surface area contributed by atoms with Crippen LogP contribution in [0.3, 0.4) is 0 Å². The number of hydrogen-bond acceptors (Lipinski definition) is 1. The van der Waals surface area contributed by atoms with Crippen LogP contribution >= 0.6 is 7.92 Å². The van der Waals surface area contributed by atoms with Gasteiger partial charge in [0.1, 0.15) is 0 Å². The van der Waals surface area contributed by atoms with E-state index in [0.717, 1.165) is 24.8 Å². The third-order valence-electron chi connectivity index (χ3n) is 5.11. The van der Waals surface area contributed by atoms with E-state index < -0.39 is 7.92 Å². The Bertz CT molecular complexity index is 822. The molecule has 4 rings (SSSR count). The van der Waals surface area contributed by atoms with E-state index in [2.05, 4.69) is 85.0 Å². The summed E-state index contributed by atoms with van der Waals surface area (Å²) in [6, 6.07) is 21.6. The molecule has 0 amide bonds. The summed E-state index contributed by atoms with van der Waals surface area (Å²) in [4.78, 5) is 12.6. The van der Waals surface area contributed by atoms with Gasteiger partial charge in [0.25, 0.3) is 0 Å². The van der Waals surface area contributed by atoms with Gasteiger partial charge in [-0.25, -0.2) is 0 Å². The molecule has 0 heterocycles. The minimum absolute atomic E-state index is 0.261. The molecule has 0 saturated heterocycles. The number of Topliss-reactive ketones (excluding diaryl/α,β-unsaturated/α-hetero) is 1. The number of hydrogen-bond donors (Lipinski definition) is 0. The van der Waals surface area contributed by atoms with Gasteiger partial charge in [0.2, 0.25) is 0 Å². The average Bonchev–Trinajstić information content (AvgIpc) is 2.71. The van der Waals surface area contributed by atoms with E-state index in [4.69, 9.17) is 0 Å². The van der Waals surface area contributed by atoms with E-state index in [1.54, 1.807) is 0 Å². The number of carbonyl (C=O) groups excluding carboxylic acids is 1. The average molecular weight is 358 g/mol. The maximum Gasteiger partial charge on any atom is 0.159 e. The van der Waals surface area contributed by atoms with Gasteiger partial charge in [0.15, 0.2) is 5.78 Å². The Labute approximate surface area is 156 Å². The van der Waals surface area contributed by atoms with Gasteiger partial charge in [0, 0.05) is 12.1 Å². The van der Waals surface area contributed by atoms with Crippen molar-refractivity contribution in [1.29, 1.82) is 0 Å². The van der Waals surface area contributed by atoms with Crippen molar-refractivity contribution in [2.75, 3.05) is 0 Å². The van der Waals surface area contributed by atoms with Crippen molar-refractivity contribution in [2.45, 2.75) is 31.3 Å². The highest BCUT2D eigenvalue weighted by Gasteiger charge is 2.30. The van der Waals surface area contributed by atoms with Crippen molar-refractivity contribution in [1.82, 2.24) is 0 Å². The van der Waals surface area contributed by atoms with Crippen LogP contribution < -0.4 is 10.6 Å². The van der Waals surface area contributed by atoms with Gasteiger partial charge in [0.05, 0.1) is 0 Å². The van der Waals surface area contributed by atoms with Gasteiger partial charge in [-0.05, 0) is 48.9 Å². The predicted octanol–water partition coefficient (Wildman–Crippen LogP) is 5.05. The second-order valence-electron chi connectivity index (χ2n) is 6.79. The molecule has 1 fully saturated rings. The predicted molar refractivity (Wildman–Crippen MR) is 112 cm³/mol. The van der Waals surface area contributed by atoms with Crippen molar-refractivity contribution in [2.24, 2.45) is 0 Å². The number of allylic oxidation sites excluding steroid dienone is 6. The van der Waals surface area contributed by atoms with Crippen LogP contribution in [0.4, 0.5) is 0 Å². The zero-order chi connectivity index (χ0) is 17.8. The number of carbonyl (C=O) groups is 1. The quantitative estimate of drug-likeness (QED) is 0.554. The fourth-order valence-electron chi connectivity index (χ4n) is 3.87. The molecule has 0 aromatic heterocycles. The summed E-state index contributed by atoms with van der Waals surface area (Å²) in [7, 11) is -0.600. The first-order valence-corrected chi connectivity index (χ1v) is 10.8. The summed E-state index contributed by atoms with van der Waals surface area (Å²) >= 11 is 0. The number of benzene rings is 2. The van der Waals surface area contributed by atoms with Crippen molar-refractivity contribution in [3.8, 4) is 0 Å². The second kappa shape index (κ2) is 7.98. The molecule has 2 aliphatic carbocycles. The molecule has 0 radical (unpaired) electrons. The van der Waals surface area contributed by atoms with Gasteiger partial charge in [-0.15, -0.1) is 0 Å². The largest absolute Gasteiger partial charge is 0.295 e. The van der Waals surface area contributed by atoms with E-state index in [0.29, 0.717) is 12.2 Å². The standard InChI is InChI=1S/C24H23OP/c25-23-17-9-7-15-21(23)22-16-8-10-18-24(22)26(19-11-3-1-4-12-19)20-13-5-2-6-14-20/h1-6,8,10-14,16,18,24H,7,9,15,17H2. The van der Waals surface area contributed by atoms with Crippen LogP contribution in [-0.2, 0) is 4.79 Å². The highest BCUT2D eigenvalue weighted by molar-refractivity contribution is 7.74. The maximum absolute atomic E-state index is 12.6. The topological polar surface area (TPSA) is 17.1 Å². The van der Waals surface area contributed by atoms with Gasteiger partial charge in [-0.1, -0.05) is 85.0 Å². The van der Waals surface area contributed by atoms with Gasteiger partial charge in [-0.3, -0.25) is 4.79 Å². The van der Waals surface area contributed by atoms with Crippen molar-refractivity contribution >= 4 is 24.3 Å². The zero-order valence-corrected chi connectivity index (χ0v) is 15.7. The molecule has 0 spiro atoms. The normalized spacial score (nSPS) is 22.8. The second-order valence-corrected chi connectivity index (χ2v) is 9.12. The van der Waals surface area contributed by atoms with Crippen LogP contribution in [0.1, 0.15) is 25.7 Å². The van der Waals surface area contributed by atoms with Crippen LogP contribution in [0, 0.1) is 0 Å². The molecule has 2 aromatic rings. The Morgan fingerprint density at radius 1 is 0.769 bits per heavy atom. The summed E-state index contributed by atoms with van der Waals surface area (Å²) < 4.78 is 0. The molecule has 1 unspecified atom stereocenters. The van der Waals surface area contributed by atoms with Crippen LogP contribution in [-0.4, -0.2) is 11.4 Å². The Morgan fingerprint density at radius 2 is 1.38 bits per heavy atom. The van der Waals surface area contributed by atoms with Crippen LogP contribution in [0.25, 0.3) is 0 Å². The van der Waals surface area contributed by atoms with Crippen LogP contribution in [0.2, 0.25) is 0 Å². The molecule has 2 aromatic carbocycles. The van der Waals surface area contributed by atoms with Crippen molar-refractivity contribution in [3.63, 3.8) is 0 Å². The van der Waals surface area contributed by atoms with Gasteiger partial charge in [-0.2, -0.15) is 0 Å². The van der Waals surface area contributed by atoms with Gasteiger partial charge >= 0.3 is 0 Å². The lowest BCUT2D eigenvalue weighted by atomic mass is 9.87. The van der Waals surface area contributed by atoms with Crippen LogP contribution in [0.5, 0.6) is 0 Å². The first-order chi connectivity index (χ1) is 12.8. The smallest absolute Gasteiger partial charge is 0.159 e. The lowest BCUT2D eigenvalue weighted by molar-refractivity contribution is -0.116. The van der Waals surface area contributed by atoms with Crippen molar-refractivity contribution in [3.05, 3.63) is 96.1 Å². The molecule has 2 aliphatic rings. The Hall–Kier alpha value is -2.24. The highest BCUT2D eigenvalue weighted by atomic mass is 31.1. The van der Waals surface area contributed by atoms with E-state index >= 15 is 0 Å². The number of ketones is 1.